The molecule has 4 aromatic rings. The fourth-order valence-corrected chi connectivity index (χ4v) is 5.34. The molecule has 0 spiro atoms. The second kappa shape index (κ2) is 11.9. The lowest BCUT2D eigenvalue weighted by Gasteiger charge is -2.35. The summed E-state index contributed by atoms with van der Waals surface area (Å²) in [4.78, 5) is 0. The van der Waals surface area contributed by atoms with E-state index in [-0.39, 0.29) is 5.41 Å². The lowest BCUT2D eigenvalue weighted by atomic mass is 9.69. The summed E-state index contributed by atoms with van der Waals surface area (Å²) in [5.74, 6) is 3.96. The standard InChI is InChI=1S/C35H42N2O2/c1-7-35(8-2,25-9-19-33(31(21-25)23(3)4)38-29-15-11-27(36)12-16-29)26-10-20-34(32(22-26)24(5)6)39-30-17-13-28(37)14-18-30/h9-24H,7-8,36-37H2,1-6H3. The Bertz CT molecular complexity index is 1280. The monoisotopic (exact) mass is 522 g/mol. The van der Waals surface area contributed by atoms with Crippen molar-refractivity contribution in [2.24, 2.45) is 0 Å². The summed E-state index contributed by atoms with van der Waals surface area (Å²) in [6.07, 6.45) is 1.96. The zero-order chi connectivity index (χ0) is 28.2. The fourth-order valence-electron chi connectivity index (χ4n) is 5.34. The van der Waals surface area contributed by atoms with Gasteiger partial charge in [0, 0.05) is 16.8 Å². The van der Waals surface area contributed by atoms with Crippen LogP contribution in [0, 0.1) is 0 Å². The topological polar surface area (TPSA) is 70.5 Å². The maximum atomic E-state index is 6.32. The van der Waals surface area contributed by atoms with Crippen LogP contribution in [0.3, 0.4) is 0 Å². The molecule has 0 saturated carbocycles. The van der Waals surface area contributed by atoms with Crippen molar-refractivity contribution >= 4 is 11.4 Å². The van der Waals surface area contributed by atoms with Gasteiger partial charge in [-0.3, -0.25) is 0 Å². The van der Waals surface area contributed by atoms with Gasteiger partial charge in [0.15, 0.2) is 0 Å². The molecule has 0 unspecified atom stereocenters. The van der Waals surface area contributed by atoms with Crippen molar-refractivity contribution in [3.05, 3.63) is 107 Å². The zero-order valence-corrected chi connectivity index (χ0v) is 24.1. The van der Waals surface area contributed by atoms with E-state index in [4.69, 9.17) is 20.9 Å². The molecule has 0 radical (unpaired) electrons. The van der Waals surface area contributed by atoms with E-state index in [1.165, 1.54) is 22.3 Å². The van der Waals surface area contributed by atoms with Crippen LogP contribution < -0.4 is 20.9 Å². The summed E-state index contributed by atoms with van der Waals surface area (Å²) in [5.41, 5.74) is 18.1. The number of hydrogen-bond acceptors (Lipinski definition) is 4. The molecule has 0 aliphatic heterocycles. The molecule has 0 fully saturated rings. The summed E-state index contributed by atoms with van der Waals surface area (Å²) < 4.78 is 12.6. The van der Waals surface area contributed by atoms with Gasteiger partial charge in [0.25, 0.3) is 0 Å². The highest BCUT2D eigenvalue weighted by Crippen LogP contribution is 2.44. The highest BCUT2D eigenvalue weighted by Gasteiger charge is 2.32. The lowest BCUT2D eigenvalue weighted by molar-refractivity contribution is 0.457. The Labute approximate surface area is 234 Å². The van der Waals surface area contributed by atoms with E-state index in [1.807, 2.05) is 48.5 Å². The normalized spacial score (nSPS) is 11.7. The molecule has 0 aromatic heterocycles. The van der Waals surface area contributed by atoms with E-state index >= 15 is 0 Å². The van der Waals surface area contributed by atoms with E-state index in [2.05, 4.69) is 77.9 Å². The summed E-state index contributed by atoms with van der Waals surface area (Å²) in [7, 11) is 0. The fraction of sp³-hybridized carbons (Fsp3) is 0.314. The van der Waals surface area contributed by atoms with Crippen LogP contribution in [0.15, 0.2) is 84.9 Å². The molecule has 39 heavy (non-hydrogen) atoms. The average Bonchev–Trinajstić information content (AvgIpc) is 2.93. The number of anilines is 2. The smallest absolute Gasteiger partial charge is 0.130 e. The predicted octanol–water partition coefficient (Wildman–Crippen LogP) is 9.79. The Morgan fingerprint density at radius 2 is 0.923 bits per heavy atom. The van der Waals surface area contributed by atoms with Gasteiger partial charge < -0.3 is 20.9 Å². The molecule has 4 rings (SSSR count). The molecule has 4 heteroatoms. The van der Waals surface area contributed by atoms with Crippen LogP contribution >= 0.6 is 0 Å². The highest BCUT2D eigenvalue weighted by molar-refractivity contribution is 5.52. The third-order valence-corrected chi connectivity index (χ3v) is 7.79. The van der Waals surface area contributed by atoms with Gasteiger partial charge in [-0.25, -0.2) is 0 Å². The van der Waals surface area contributed by atoms with Crippen LogP contribution in [0.5, 0.6) is 23.0 Å². The Hall–Kier alpha value is -3.92. The summed E-state index contributed by atoms with van der Waals surface area (Å²) >= 11 is 0. The van der Waals surface area contributed by atoms with Gasteiger partial charge in [-0.15, -0.1) is 0 Å². The van der Waals surface area contributed by atoms with E-state index in [1.54, 1.807) is 0 Å². The lowest BCUT2D eigenvalue weighted by Crippen LogP contribution is -2.26. The van der Waals surface area contributed by atoms with Crippen molar-refractivity contribution in [2.75, 3.05) is 11.5 Å². The van der Waals surface area contributed by atoms with Crippen LogP contribution in [0.4, 0.5) is 11.4 Å². The Morgan fingerprint density at radius 1 is 0.564 bits per heavy atom. The number of ether oxygens (including phenoxy) is 2. The summed E-state index contributed by atoms with van der Waals surface area (Å²) in [5, 5.41) is 0. The number of nitrogens with two attached hydrogens (primary N) is 2. The van der Waals surface area contributed by atoms with Crippen molar-refractivity contribution in [1.82, 2.24) is 0 Å². The SMILES string of the molecule is CCC(CC)(c1ccc(Oc2ccc(N)cc2)c(C(C)C)c1)c1ccc(Oc2ccc(N)cc2)c(C(C)C)c1. The van der Waals surface area contributed by atoms with Crippen LogP contribution in [0.1, 0.15) is 88.5 Å². The first-order valence-electron chi connectivity index (χ1n) is 14.0. The summed E-state index contributed by atoms with van der Waals surface area (Å²) in [6.45, 7) is 13.4. The van der Waals surface area contributed by atoms with Crippen molar-refractivity contribution in [2.45, 2.75) is 71.6 Å². The second-order valence-electron chi connectivity index (χ2n) is 10.9. The van der Waals surface area contributed by atoms with Crippen LogP contribution in [0.25, 0.3) is 0 Å². The van der Waals surface area contributed by atoms with E-state index < -0.39 is 0 Å². The zero-order valence-electron chi connectivity index (χ0n) is 24.1. The van der Waals surface area contributed by atoms with Crippen molar-refractivity contribution in [3.63, 3.8) is 0 Å². The largest absolute Gasteiger partial charge is 0.457 e. The number of nitrogen functional groups attached to an aromatic ring is 2. The maximum Gasteiger partial charge on any atom is 0.130 e. The Morgan fingerprint density at radius 3 is 1.23 bits per heavy atom. The van der Waals surface area contributed by atoms with Crippen molar-refractivity contribution in [1.29, 1.82) is 0 Å². The van der Waals surface area contributed by atoms with Gasteiger partial charge in [0.2, 0.25) is 0 Å². The first-order chi connectivity index (χ1) is 18.7. The van der Waals surface area contributed by atoms with Gasteiger partial charge in [-0.1, -0.05) is 65.8 Å². The Kier molecular flexibility index (Phi) is 8.54. The number of benzene rings is 4. The van der Waals surface area contributed by atoms with E-state index in [0.29, 0.717) is 11.8 Å². The quantitative estimate of drug-likeness (QED) is 0.203. The van der Waals surface area contributed by atoms with Gasteiger partial charge in [0.1, 0.15) is 23.0 Å². The minimum atomic E-state index is -0.132. The van der Waals surface area contributed by atoms with Crippen molar-refractivity contribution < 1.29 is 9.47 Å². The van der Waals surface area contributed by atoms with Crippen molar-refractivity contribution in [3.8, 4) is 23.0 Å². The second-order valence-corrected chi connectivity index (χ2v) is 10.9. The molecule has 4 nitrogen and oxygen atoms in total. The van der Waals surface area contributed by atoms with Gasteiger partial charge in [0.05, 0.1) is 0 Å². The Balaban J connectivity index is 1.75. The van der Waals surface area contributed by atoms with Crippen LogP contribution in [-0.2, 0) is 5.41 Å². The molecule has 204 valence electrons. The predicted molar refractivity (Wildman–Crippen MR) is 164 cm³/mol. The van der Waals surface area contributed by atoms with Crippen LogP contribution in [0.2, 0.25) is 0 Å². The summed E-state index contributed by atoms with van der Waals surface area (Å²) in [6, 6.07) is 28.5. The minimum absolute atomic E-state index is 0.132. The molecule has 0 amide bonds. The molecule has 0 saturated heterocycles. The molecule has 0 atom stereocenters. The number of rotatable bonds is 10. The molecule has 0 aliphatic carbocycles. The van der Waals surface area contributed by atoms with E-state index in [0.717, 1.165) is 47.2 Å². The molecule has 0 bridgehead atoms. The third-order valence-electron chi connectivity index (χ3n) is 7.79. The van der Waals surface area contributed by atoms with E-state index in [9.17, 15) is 0 Å². The maximum absolute atomic E-state index is 6.32. The molecular weight excluding hydrogens is 480 g/mol. The molecule has 0 heterocycles. The van der Waals surface area contributed by atoms with Crippen LogP contribution in [-0.4, -0.2) is 0 Å². The van der Waals surface area contributed by atoms with Gasteiger partial charge in [-0.2, -0.15) is 0 Å². The molecule has 4 N–H and O–H groups in total. The molecule has 0 aliphatic rings. The first-order valence-corrected chi connectivity index (χ1v) is 14.0. The highest BCUT2D eigenvalue weighted by atomic mass is 16.5. The average molecular weight is 523 g/mol. The minimum Gasteiger partial charge on any atom is -0.457 e. The molecular formula is C35H42N2O2. The van der Waals surface area contributed by atoms with Gasteiger partial charge in [-0.05, 0) is 108 Å². The molecule has 4 aromatic carbocycles. The first kappa shape index (κ1) is 28.1. The third kappa shape index (κ3) is 6.06. The number of hydrogen-bond donors (Lipinski definition) is 2. The van der Waals surface area contributed by atoms with Gasteiger partial charge >= 0.3 is 0 Å².